The van der Waals surface area contributed by atoms with E-state index in [1.807, 2.05) is 18.2 Å². The summed E-state index contributed by atoms with van der Waals surface area (Å²) < 4.78 is 5.69. The van der Waals surface area contributed by atoms with Crippen molar-refractivity contribution in [2.45, 2.75) is 31.9 Å². The van der Waals surface area contributed by atoms with Crippen LogP contribution < -0.4 is 15.8 Å². The number of likely N-dealkylation sites (N-methyl/N-ethyl adjacent to an activating group) is 1. The van der Waals surface area contributed by atoms with Crippen LogP contribution >= 0.6 is 0 Å². The minimum atomic E-state index is -0.483. The van der Waals surface area contributed by atoms with Crippen LogP contribution in [0.15, 0.2) is 18.2 Å². The molecule has 0 saturated carbocycles. The predicted molar refractivity (Wildman–Crippen MR) is 65.8 cm³/mol. The van der Waals surface area contributed by atoms with Gasteiger partial charge in [0, 0.05) is 13.1 Å². The fraction of sp³-hybridized carbons (Fsp3) is 0.462. The molecule has 0 aromatic heterocycles. The highest BCUT2D eigenvalue weighted by molar-refractivity contribution is 5.80. The van der Waals surface area contributed by atoms with Crippen LogP contribution in [0.4, 0.5) is 0 Å². The normalized spacial score (nSPS) is 19.6. The van der Waals surface area contributed by atoms with Crippen molar-refractivity contribution in [2.75, 3.05) is 7.05 Å². The summed E-state index contributed by atoms with van der Waals surface area (Å²) in [6.45, 7) is 1.74. The highest BCUT2D eigenvalue weighted by Gasteiger charge is 2.23. The van der Waals surface area contributed by atoms with Crippen LogP contribution in [-0.4, -0.2) is 19.1 Å². The minimum absolute atomic E-state index is 0.101. The number of hydrogen-bond acceptors (Lipinski definition) is 3. The monoisotopic (exact) mass is 234 g/mol. The molecule has 0 spiro atoms. The van der Waals surface area contributed by atoms with E-state index in [0.29, 0.717) is 0 Å². The molecule has 4 heteroatoms. The van der Waals surface area contributed by atoms with Crippen molar-refractivity contribution in [3.05, 3.63) is 29.3 Å². The molecule has 2 unspecified atom stereocenters. The van der Waals surface area contributed by atoms with Crippen molar-refractivity contribution < 1.29 is 9.53 Å². The number of carbonyl (C=O) groups is 1. The number of ether oxygens (including phenoxy) is 1. The summed E-state index contributed by atoms with van der Waals surface area (Å²) >= 11 is 0. The second-order valence-corrected chi connectivity index (χ2v) is 4.34. The Bertz CT molecular complexity index is 431. The largest absolute Gasteiger partial charge is 0.481 e. The van der Waals surface area contributed by atoms with Gasteiger partial charge in [0.25, 0.3) is 5.91 Å². The SMILES string of the molecule is CNC(=O)C(C)Oc1cccc2c1CCC2N. The van der Waals surface area contributed by atoms with Gasteiger partial charge in [0.15, 0.2) is 6.10 Å². The molecule has 3 N–H and O–H groups in total. The molecule has 92 valence electrons. The first-order valence-electron chi connectivity index (χ1n) is 5.89. The van der Waals surface area contributed by atoms with Crippen LogP contribution in [0.5, 0.6) is 5.75 Å². The Morgan fingerprint density at radius 2 is 2.35 bits per heavy atom. The molecule has 0 aliphatic heterocycles. The van der Waals surface area contributed by atoms with Gasteiger partial charge in [-0.1, -0.05) is 12.1 Å². The summed E-state index contributed by atoms with van der Waals surface area (Å²) in [5.74, 6) is 0.663. The minimum Gasteiger partial charge on any atom is -0.481 e. The van der Waals surface area contributed by atoms with Crippen molar-refractivity contribution in [3.8, 4) is 5.75 Å². The topological polar surface area (TPSA) is 64.3 Å². The summed E-state index contributed by atoms with van der Waals surface area (Å²) in [5.41, 5.74) is 8.29. The standard InChI is InChI=1S/C13H18N2O2/c1-8(13(16)15-2)17-12-5-3-4-9-10(12)6-7-11(9)14/h3-5,8,11H,6-7,14H2,1-2H3,(H,15,16). The molecule has 1 aromatic rings. The maximum absolute atomic E-state index is 11.4. The van der Waals surface area contributed by atoms with Crippen molar-refractivity contribution in [1.82, 2.24) is 5.32 Å². The number of amides is 1. The molecule has 1 aliphatic carbocycles. The zero-order chi connectivity index (χ0) is 12.4. The first kappa shape index (κ1) is 11.9. The van der Waals surface area contributed by atoms with Crippen molar-refractivity contribution in [1.29, 1.82) is 0 Å². The summed E-state index contributed by atoms with van der Waals surface area (Å²) in [4.78, 5) is 11.4. The highest BCUT2D eigenvalue weighted by Crippen LogP contribution is 2.35. The van der Waals surface area contributed by atoms with Gasteiger partial charge in [0.05, 0.1) is 0 Å². The van der Waals surface area contributed by atoms with Gasteiger partial charge in [-0.05, 0) is 37.0 Å². The van der Waals surface area contributed by atoms with Crippen LogP contribution in [0.2, 0.25) is 0 Å². The molecule has 2 atom stereocenters. The van der Waals surface area contributed by atoms with Gasteiger partial charge in [-0.2, -0.15) is 0 Å². The van der Waals surface area contributed by atoms with Crippen LogP contribution in [-0.2, 0) is 11.2 Å². The van der Waals surface area contributed by atoms with Crippen molar-refractivity contribution in [2.24, 2.45) is 5.73 Å². The number of hydrogen-bond donors (Lipinski definition) is 2. The lowest BCUT2D eigenvalue weighted by molar-refractivity contribution is -0.126. The van der Waals surface area contributed by atoms with Gasteiger partial charge in [0.1, 0.15) is 5.75 Å². The molecule has 17 heavy (non-hydrogen) atoms. The maximum atomic E-state index is 11.4. The molecule has 1 amide bonds. The third-order valence-corrected chi connectivity index (χ3v) is 3.19. The van der Waals surface area contributed by atoms with E-state index in [4.69, 9.17) is 10.5 Å². The van der Waals surface area contributed by atoms with Crippen LogP contribution in [0, 0.1) is 0 Å². The molecule has 1 aromatic carbocycles. The molecule has 0 bridgehead atoms. The Hall–Kier alpha value is -1.55. The molecular formula is C13H18N2O2. The third kappa shape index (κ3) is 2.26. The Labute approximate surface area is 101 Å². The molecular weight excluding hydrogens is 216 g/mol. The summed E-state index contributed by atoms with van der Waals surface area (Å²) in [6, 6.07) is 5.96. The maximum Gasteiger partial charge on any atom is 0.260 e. The summed E-state index contributed by atoms with van der Waals surface area (Å²) in [6.07, 6.45) is 1.39. The third-order valence-electron chi connectivity index (χ3n) is 3.19. The molecule has 2 rings (SSSR count). The summed E-state index contributed by atoms with van der Waals surface area (Å²) in [7, 11) is 1.60. The fourth-order valence-corrected chi connectivity index (χ4v) is 2.21. The van der Waals surface area contributed by atoms with E-state index in [2.05, 4.69) is 5.32 Å². The van der Waals surface area contributed by atoms with E-state index in [1.54, 1.807) is 14.0 Å². The molecule has 1 aliphatic rings. The van der Waals surface area contributed by atoms with Crippen LogP contribution in [0.1, 0.15) is 30.5 Å². The molecule has 0 heterocycles. The van der Waals surface area contributed by atoms with Gasteiger partial charge in [-0.15, -0.1) is 0 Å². The molecule has 4 nitrogen and oxygen atoms in total. The number of rotatable bonds is 3. The van der Waals surface area contributed by atoms with Gasteiger partial charge in [-0.25, -0.2) is 0 Å². The number of nitrogens with one attached hydrogen (secondary N) is 1. The Balaban J connectivity index is 2.20. The second-order valence-electron chi connectivity index (χ2n) is 4.34. The predicted octanol–water partition coefficient (Wildman–Crippen LogP) is 1.15. The van der Waals surface area contributed by atoms with Gasteiger partial charge < -0.3 is 15.8 Å². The molecule has 0 fully saturated rings. The fourth-order valence-electron chi connectivity index (χ4n) is 2.21. The van der Waals surface area contributed by atoms with E-state index in [9.17, 15) is 4.79 Å². The van der Waals surface area contributed by atoms with Crippen molar-refractivity contribution in [3.63, 3.8) is 0 Å². The second kappa shape index (κ2) is 4.75. The summed E-state index contributed by atoms with van der Waals surface area (Å²) in [5, 5.41) is 2.57. The Morgan fingerprint density at radius 1 is 1.59 bits per heavy atom. The zero-order valence-corrected chi connectivity index (χ0v) is 10.2. The quantitative estimate of drug-likeness (QED) is 0.824. The average molecular weight is 234 g/mol. The number of benzene rings is 1. The Morgan fingerprint density at radius 3 is 3.06 bits per heavy atom. The van der Waals surface area contributed by atoms with E-state index >= 15 is 0 Å². The van der Waals surface area contributed by atoms with Crippen LogP contribution in [0.3, 0.4) is 0 Å². The van der Waals surface area contributed by atoms with Gasteiger partial charge >= 0.3 is 0 Å². The number of fused-ring (bicyclic) bond motifs is 1. The lowest BCUT2D eigenvalue weighted by Gasteiger charge is -2.16. The van der Waals surface area contributed by atoms with Crippen molar-refractivity contribution >= 4 is 5.91 Å². The van der Waals surface area contributed by atoms with E-state index in [-0.39, 0.29) is 11.9 Å². The first-order valence-corrected chi connectivity index (χ1v) is 5.89. The van der Waals surface area contributed by atoms with E-state index in [0.717, 1.165) is 29.7 Å². The van der Waals surface area contributed by atoms with Crippen LogP contribution in [0.25, 0.3) is 0 Å². The first-order chi connectivity index (χ1) is 8.13. The number of nitrogens with two attached hydrogens (primary N) is 1. The Kier molecular flexibility index (Phi) is 3.33. The zero-order valence-electron chi connectivity index (χ0n) is 10.2. The van der Waals surface area contributed by atoms with Gasteiger partial charge in [0.2, 0.25) is 0 Å². The average Bonchev–Trinajstić information content (AvgIpc) is 2.71. The highest BCUT2D eigenvalue weighted by atomic mass is 16.5. The van der Waals surface area contributed by atoms with E-state index in [1.165, 1.54) is 0 Å². The van der Waals surface area contributed by atoms with E-state index < -0.39 is 6.10 Å². The lowest BCUT2D eigenvalue weighted by Crippen LogP contribution is -2.33. The molecule has 0 radical (unpaired) electrons. The number of carbonyl (C=O) groups excluding carboxylic acids is 1. The molecule has 0 saturated heterocycles. The van der Waals surface area contributed by atoms with Gasteiger partial charge in [-0.3, -0.25) is 4.79 Å². The lowest BCUT2D eigenvalue weighted by atomic mass is 10.1. The smallest absolute Gasteiger partial charge is 0.260 e.